The highest BCUT2D eigenvalue weighted by Crippen LogP contribution is 2.37. The second-order valence-corrected chi connectivity index (χ2v) is 6.98. The van der Waals surface area contributed by atoms with Gasteiger partial charge in [-0.1, -0.05) is 43.2 Å². The number of piperidine rings is 1. The standard InChI is InChI=1S/C19H29NO/c21-15-17-13-18-10-4-5-11-19(18)20(14-17)12-6-9-16-7-2-1-3-8-16/h1-3,7-8,17-19,21H,4-6,9-15H2/t17-,18+,19+/m0/s1. The van der Waals surface area contributed by atoms with E-state index in [1.165, 1.54) is 57.1 Å². The molecule has 116 valence electrons. The van der Waals surface area contributed by atoms with Crippen LogP contribution in [0.15, 0.2) is 30.3 Å². The molecule has 2 aliphatic rings. The Kier molecular flexibility index (Phi) is 5.32. The van der Waals surface area contributed by atoms with Gasteiger partial charge in [0.2, 0.25) is 0 Å². The normalized spacial score (nSPS) is 30.0. The summed E-state index contributed by atoms with van der Waals surface area (Å²) in [7, 11) is 0. The van der Waals surface area contributed by atoms with Crippen molar-refractivity contribution in [2.75, 3.05) is 19.7 Å². The van der Waals surface area contributed by atoms with Gasteiger partial charge in [-0.2, -0.15) is 0 Å². The second kappa shape index (κ2) is 7.42. The van der Waals surface area contributed by atoms with Gasteiger partial charge in [-0.05, 0) is 56.0 Å². The molecule has 1 saturated carbocycles. The topological polar surface area (TPSA) is 23.5 Å². The molecule has 0 amide bonds. The van der Waals surface area contributed by atoms with Crippen molar-refractivity contribution in [1.82, 2.24) is 4.90 Å². The Labute approximate surface area is 129 Å². The molecule has 3 atom stereocenters. The quantitative estimate of drug-likeness (QED) is 0.896. The molecule has 1 aromatic carbocycles. The lowest BCUT2D eigenvalue weighted by Crippen LogP contribution is -2.51. The summed E-state index contributed by atoms with van der Waals surface area (Å²) < 4.78 is 0. The van der Waals surface area contributed by atoms with Gasteiger partial charge in [-0.3, -0.25) is 4.90 Å². The van der Waals surface area contributed by atoms with Crippen molar-refractivity contribution < 1.29 is 5.11 Å². The van der Waals surface area contributed by atoms with Gasteiger partial charge in [0.15, 0.2) is 0 Å². The lowest BCUT2D eigenvalue weighted by molar-refractivity contribution is 0.00997. The Morgan fingerprint density at radius 1 is 1.10 bits per heavy atom. The zero-order valence-electron chi connectivity index (χ0n) is 13.1. The Morgan fingerprint density at radius 2 is 1.90 bits per heavy atom. The van der Waals surface area contributed by atoms with Crippen LogP contribution in [0.5, 0.6) is 0 Å². The molecule has 0 aromatic heterocycles. The molecule has 0 spiro atoms. The highest BCUT2D eigenvalue weighted by atomic mass is 16.3. The average molecular weight is 287 g/mol. The van der Waals surface area contributed by atoms with E-state index >= 15 is 0 Å². The van der Waals surface area contributed by atoms with Gasteiger partial charge in [0.25, 0.3) is 0 Å². The van der Waals surface area contributed by atoms with Gasteiger partial charge in [0, 0.05) is 19.2 Å². The number of benzene rings is 1. The largest absolute Gasteiger partial charge is 0.396 e. The van der Waals surface area contributed by atoms with Crippen molar-refractivity contribution in [3.05, 3.63) is 35.9 Å². The molecule has 1 aromatic rings. The molecule has 1 aliphatic heterocycles. The zero-order valence-corrected chi connectivity index (χ0v) is 13.1. The summed E-state index contributed by atoms with van der Waals surface area (Å²) in [5.74, 6) is 1.36. The van der Waals surface area contributed by atoms with Crippen molar-refractivity contribution >= 4 is 0 Å². The molecule has 1 heterocycles. The van der Waals surface area contributed by atoms with Crippen molar-refractivity contribution in [3.63, 3.8) is 0 Å². The maximum absolute atomic E-state index is 9.58. The third-order valence-corrected chi connectivity index (χ3v) is 5.48. The summed E-state index contributed by atoms with van der Waals surface area (Å²) in [6.07, 6.45) is 9.25. The van der Waals surface area contributed by atoms with Crippen molar-refractivity contribution in [1.29, 1.82) is 0 Å². The number of fused-ring (bicyclic) bond motifs is 1. The summed E-state index contributed by atoms with van der Waals surface area (Å²) in [6, 6.07) is 11.6. The van der Waals surface area contributed by atoms with Gasteiger partial charge in [-0.25, -0.2) is 0 Å². The van der Waals surface area contributed by atoms with E-state index in [9.17, 15) is 5.11 Å². The minimum absolute atomic E-state index is 0.373. The number of aliphatic hydroxyl groups excluding tert-OH is 1. The molecule has 2 heteroatoms. The number of rotatable bonds is 5. The monoisotopic (exact) mass is 287 g/mol. The van der Waals surface area contributed by atoms with Crippen LogP contribution < -0.4 is 0 Å². The van der Waals surface area contributed by atoms with Crippen LogP contribution in [0.2, 0.25) is 0 Å². The van der Waals surface area contributed by atoms with Crippen LogP contribution in [0.3, 0.4) is 0 Å². The fraction of sp³-hybridized carbons (Fsp3) is 0.684. The average Bonchev–Trinajstić information content (AvgIpc) is 2.55. The summed E-state index contributed by atoms with van der Waals surface area (Å²) in [6.45, 7) is 2.69. The number of aliphatic hydroxyl groups is 1. The predicted molar refractivity (Wildman–Crippen MR) is 87.3 cm³/mol. The minimum Gasteiger partial charge on any atom is -0.396 e. The summed E-state index contributed by atoms with van der Waals surface area (Å²) in [5, 5.41) is 9.58. The van der Waals surface area contributed by atoms with Gasteiger partial charge in [-0.15, -0.1) is 0 Å². The molecule has 21 heavy (non-hydrogen) atoms. The van der Waals surface area contributed by atoms with E-state index in [0.29, 0.717) is 12.5 Å². The Hall–Kier alpha value is -0.860. The number of aryl methyl sites for hydroxylation is 1. The van der Waals surface area contributed by atoms with Crippen molar-refractivity contribution in [2.45, 2.75) is 51.0 Å². The van der Waals surface area contributed by atoms with Gasteiger partial charge < -0.3 is 5.11 Å². The van der Waals surface area contributed by atoms with Gasteiger partial charge in [0.1, 0.15) is 0 Å². The lowest BCUT2D eigenvalue weighted by atomic mass is 9.75. The molecule has 1 aliphatic carbocycles. The Balaban J connectivity index is 1.54. The maximum atomic E-state index is 9.58. The van der Waals surface area contributed by atoms with Crippen molar-refractivity contribution in [2.24, 2.45) is 11.8 Å². The summed E-state index contributed by atoms with van der Waals surface area (Å²) in [5.41, 5.74) is 1.45. The molecule has 2 nitrogen and oxygen atoms in total. The van der Waals surface area contributed by atoms with Crippen LogP contribution in [0.25, 0.3) is 0 Å². The van der Waals surface area contributed by atoms with E-state index in [1.54, 1.807) is 0 Å². The fourth-order valence-corrected chi connectivity index (χ4v) is 4.43. The van der Waals surface area contributed by atoms with E-state index in [0.717, 1.165) is 18.5 Å². The summed E-state index contributed by atoms with van der Waals surface area (Å²) in [4.78, 5) is 2.71. The molecule has 1 N–H and O–H groups in total. The van der Waals surface area contributed by atoms with E-state index in [-0.39, 0.29) is 0 Å². The van der Waals surface area contributed by atoms with E-state index in [4.69, 9.17) is 0 Å². The first-order valence-corrected chi connectivity index (χ1v) is 8.75. The zero-order chi connectivity index (χ0) is 14.5. The molecule has 3 rings (SSSR count). The number of nitrogens with zero attached hydrogens (tertiary/aromatic N) is 1. The molecule has 1 saturated heterocycles. The fourth-order valence-electron chi connectivity index (χ4n) is 4.43. The highest BCUT2D eigenvalue weighted by Gasteiger charge is 2.36. The number of hydrogen-bond acceptors (Lipinski definition) is 2. The lowest BCUT2D eigenvalue weighted by Gasteiger charge is -2.47. The van der Waals surface area contributed by atoms with Crippen molar-refractivity contribution in [3.8, 4) is 0 Å². The van der Waals surface area contributed by atoms with Crippen LogP contribution in [-0.4, -0.2) is 35.7 Å². The first kappa shape index (κ1) is 15.1. The third-order valence-electron chi connectivity index (χ3n) is 5.48. The smallest absolute Gasteiger partial charge is 0.0471 e. The first-order valence-electron chi connectivity index (χ1n) is 8.75. The molecule has 0 bridgehead atoms. The first-order chi connectivity index (χ1) is 10.4. The third kappa shape index (κ3) is 3.87. The number of hydrogen-bond donors (Lipinski definition) is 1. The Morgan fingerprint density at radius 3 is 2.71 bits per heavy atom. The van der Waals surface area contributed by atoms with Crippen LogP contribution in [0.4, 0.5) is 0 Å². The van der Waals surface area contributed by atoms with E-state index in [2.05, 4.69) is 35.2 Å². The molecule has 2 fully saturated rings. The highest BCUT2D eigenvalue weighted by molar-refractivity contribution is 5.14. The molecule has 0 radical (unpaired) electrons. The van der Waals surface area contributed by atoms with Gasteiger partial charge in [0.05, 0.1) is 0 Å². The predicted octanol–water partition coefficient (Wildman–Crippen LogP) is 3.49. The molecular weight excluding hydrogens is 258 g/mol. The van der Waals surface area contributed by atoms with Crippen LogP contribution in [-0.2, 0) is 6.42 Å². The summed E-state index contributed by atoms with van der Waals surface area (Å²) >= 11 is 0. The number of likely N-dealkylation sites (tertiary alicyclic amines) is 1. The second-order valence-electron chi connectivity index (χ2n) is 6.98. The molecular formula is C19H29NO. The maximum Gasteiger partial charge on any atom is 0.0471 e. The van der Waals surface area contributed by atoms with E-state index in [1.807, 2.05) is 0 Å². The van der Waals surface area contributed by atoms with Crippen LogP contribution in [0, 0.1) is 11.8 Å². The Bertz CT molecular complexity index is 419. The van der Waals surface area contributed by atoms with Crippen LogP contribution >= 0.6 is 0 Å². The molecule has 0 unspecified atom stereocenters. The van der Waals surface area contributed by atoms with Gasteiger partial charge >= 0.3 is 0 Å². The van der Waals surface area contributed by atoms with E-state index < -0.39 is 0 Å². The minimum atomic E-state index is 0.373. The SMILES string of the molecule is OC[C@H]1C[C@H]2CCCC[C@H]2N(CCCc2ccccc2)C1. The van der Waals surface area contributed by atoms with Crippen LogP contribution in [0.1, 0.15) is 44.1 Å².